The summed E-state index contributed by atoms with van der Waals surface area (Å²) in [5, 5.41) is 7.30. The van der Waals surface area contributed by atoms with Gasteiger partial charge >= 0.3 is 0 Å². The van der Waals surface area contributed by atoms with Crippen LogP contribution in [0, 0.1) is 5.92 Å². The Hall–Kier alpha value is -1.62. The van der Waals surface area contributed by atoms with E-state index in [1.165, 1.54) is 0 Å². The van der Waals surface area contributed by atoms with Gasteiger partial charge in [-0.15, -0.1) is 0 Å². The minimum absolute atomic E-state index is 0.102. The summed E-state index contributed by atoms with van der Waals surface area (Å²) in [5.41, 5.74) is 0.974. The Labute approximate surface area is 119 Å². The first kappa shape index (κ1) is 13.4. The summed E-state index contributed by atoms with van der Waals surface area (Å²) in [6, 6.07) is 2.11. The number of rotatable bonds is 3. The summed E-state index contributed by atoms with van der Waals surface area (Å²) in [7, 11) is 1.88. The summed E-state index contributed by atoms with van der Waals surface area (Å²) < 4.78 is 7.55. The molecule has 3 atom stereocenters. The standard InChI is InChI=1S/C15H21N3O2/c1-18-13(7-9-16-18)14-12(8-10-20-14)15(19)17-11-5-3-2-4-6-11/h3,5,7,9,11-12,14H,2,4,6,8,10H2,1H3,(H,17,19)/t11-,12+,14+/m0/s1. The van der Waals surface area contributed by atoms with E-state index in [1.807, 2.05) is 13.1 Å². The van der Waals surface area contributed by atoms with Crippen molar-refractivity contribution < 1.29 is 9.53 Å². The Morgan fingerprint density at radius 2 is 2.40 bits per heavy atom. The van der Waals surface area contributed by atoms with Gasteiger partial charge in [-0.3, -0.25) is 9.48 Å². The number of allylic oxidation sites excluding steroid dienone is 1. The first-order valence-electron chi connectivity index (χ1n) is 7.32. The topological polar surface area (TPSA) is 56.2 Å². The fourth-order valence-electron chi connectivity index (χ4n) is 3.04. The average molecular weight is 275 g/mol. The third-order valence-corrected chi connectivity index (χ3v) is 4.16. The molecular weight excluding hydrogens is 254 g/mol. The summed E-state index contributed by atoms with van der Waals surface area (Å²) >= 11 is 0. The van der Waals surface area contributed by atoms with Crippen LogP contribution in [0.3, 0.4) is 0 Å². The van der Waals surface area contributed by atoms with Crippen molar-refractivity contribution >= 4 is 5.91 Å². The van der Waals surface area contributed by atoms with Gasteiger partial charge in [-0.1, -0.05) is 12.2 Å². The number of aryl methyl sites for hydroxylation is 1. The van der Waals surface area contributed by atoms with Gasteiger partial charge in [-0.25, -0.2) is 0 Å². The molecule has 5 nitrogen and oxygen atoms in total. The van der Waals surface area contributed by atoms with Crippen molar-refractivity contribution in [2.75, 3.05) is 6.61 Å². The second kappa shape index (κ2) is 5.79. The highest BCUT2D eigenvalue weighted by molar-refractivity contribution is 5.80. The lowest BCUT2D eigenvalue weighted by molar-refractivity contribution is -0.127. The zero-order chi connectivity index (χ0) is 13.9. The van der Waals surface area contributed by atoms with Gasteiger partial charge in [0.05, 0.1) is 11.6 Å². The van der Waals surface area contributed by atoms with Crippen molar-refractivity contribution in [2.45, 2.75) is 37.8 Å². The van der Waals surface area contributed by atoms with Crippen LogP contribution in [0.2, 0.25) is 0 Å². The van der Waals surface area contributed by atoms with Crippen LogP contribution in [-0.2, 0) is 16.6 Å². The number of hydrogen-bond donors (Lipinski definition) is 1. The molecule has 1 saturated heterocycles. The van der Waals surface area contributed by atoms with E-state index < -0.39 is 0 Å². The number of nitrogens with zero attached hydrogens (tertiary/aromatic N) is 2. The van der Waals surface area contributed by atoms with Crippen molar-refractivity contribution in [1.29, 1.82) is 0 Å². The fourth-order valence-corrected chi connectivity index (χ4v) is 3.04. The Bertz CT molecular complexity index is 509. The number of aromatic nitrogens is 2. The van der Waals surface area contributed by atoms with Crippen LogP contribution >= 0.6 is 0 Å². The van der Waals surface area contributed by atoms with Crippen molar-refractivity contribution in [3.05, 3.63) is 30.1 Å². The molecule has 0 aromatic carbocycles. The van der Waals surface area contributed by atoms with E-state index in [9.17, 15) is 4.79 Å². The van der Waals surface area contributed by atoms with E-state index in [0.717, 1.165) is 31.4 Å². The number of ether oxygens (including phenoxy) is 1. The van der Waals surface area contributed by atoms with Crippen LogP contribution in [0.1, 0.15) is 37.5 Å². The zero-order valence-corrected chi connectivity index (χ0v) is 11.8. The number of carbonyl (C=O) groups is 1. The van der Waals surface area contributed by atoms with Crippen LogP contribution in [0.5, 0.6) is 0 Å². The molecular formula is C15H21N3O2. The minimum atomic E-state index is -0.171. The van der Waals surface area contributed by atoms with Gasteiger partial charge in [-0.05, 0) is 31.7 Å². The first-order valence-corrected chi connectivity index (χ1v) is 7.32. The predicted molar refractivity (Wildman–Crippen MR) is 74.9 cm³/mol. The molecule has 1 aromatic heterocycles. The van der Waals surface area contributed by atoms with Crippen molar-refractivity contribution in [3.63, 3.8) is 0 Å². The predicted octanol–water partition coefficient (Wildman–Crippen LogP) is 1.72. The molecule has 3 rings (SSSR count). The normalized spacial score (nSPS) is 29.6. The third kappa shape index (κ3) is 2.63. The van der Waals surface area contributed by atoms with Gasteiger partial charge < -0.3 is 10.1 Å². The maximum absolute atomic E-state index is 12.5. The lowest BCUT2D eigenvalue weighted by Gasteiger charge is -2.23. The number of amides is 1. The largest absolute Gasteiger partial charge is 0.371 e. The summed E-state index contributed by atoms with van der Waals surface area (Å²) in [5.74, 6) is -0.00836. The van der Waals surface area contributed by atoms with Gasteiger partial charge in [0.25, 0.3) is 0 Å². The molecule has 1 fully saturated rings. The molecule has 1 aliphatic carbocycles. The average Bonchev–Trinajstić information content (AvgIpc) is 3.07. The first-order chi connectivity index (χ1) is 9.75. The van der Waals surface area contributed by atoms with Crippen molar-refractivity contribution in [2.24, 2.45) is 13.0 Å². The molecule has 0 spiro atoms. The zero-order valence-electron chi connectivity index (χ0n) is 11.8. The molecule has 0 unspecified atom stereocenters. The van der Waals surface area contributed by atoms with Crippen molar-refractivity contribution in [1.82, 2.24) is 15.1 Å². The molecule has 1 aliphatic heterocycles. The molecule has 0 bridgehead atoms. The van der Waals surface area contributed by atoms with Gasteiger partial charge in [0.15, 0.2) is 0 Å². The lowest BCUT2D eigenvalue weighted by Crippen LogP contribution is -2.39. The minimum Gasteiger partial charge on any atom is -0.371 e. The molecule has 0 radical (unpaired) electrons. The van der Waals surface area contributed by atoms with E-state index in [1.54, 1.807) is 10.9 Å². The SMILES string of the molecule is Cn1nccc1[C@@H]1OCC[C@H]1C(=O)N[C@H]1C=CCCC1. The van der Waals surface area contributed by atoms with Crippen LogP contribution < -0.4 is 5.32 Å². The Morgan fingerprint density at radius 3 is 3.10 bits per heavy atom. The number of hydrogen-bond acceptors (Lipinski definition) is 3. The molecule has 1 aromatic rings. The van der Waals surface area contributed by atoms with E-state index in [0.29, 0.717) is 6.61 Å². The van der Waals surface area contributed by atoms with E-state index in [2.05, 4.69) is 22.6 Å². The van der Waals surface area contributed by atoms with Gasteiger partial charge in [-0.2, -0.15) is 5.10 Å². The number of carbonyl (C=O) groups excluding carboxylic acids is 1. The molecule has 0 saturated carbocycles. The highest BCUT2D eigenvalue weighted by Crippen LogP contribution is 2.34. The lowest BCUT2D eigenvalue weighted by atomic mass is 9.96. The third-order valence-electron chi connectivity index (χ3n) is 4.16. The molecule has 108 valence electrons. The van der Waals surface area contributed by atoms with E-state index >= 15 is 0 Å². The van der Waals surface area contributed by atoms with Crippen LogP contribution in [0.25, 0.3) is 0 Å². The fraction of sp³-hybridized carbons (Fsp3) is 0.600. The molecule has 20 heavy (non-hydrogen) atoms. The van der Waals surface area contributed by atoms with E-state index in [4.69, 9.17) is 4.74 Å². The molecule has 5 heteroatoms. The molecule has 2 aliphatic rings. The smallest absolute Gasteiger partial charge is 0.226 e. The monoisotopic (exact) mass is 275 g/mol. The van der Waals surface area contributed by atoms with Gasteiger partial charge in [0, 0.05) is 25.9 Å². The Balaban J connectivity index is 1.69. The van der Waals surface area contributed by atoms with Crippen LogP contribution in [0.4, 0.5) is 0 Å². The molecule has 1 N–H and O–H groups in total. The summed E-state index contributed by atoms with van der Waals surface area (Å²) in [6.07, 6.45) is 9.91. The molecule has 1 amide bonds. The van der Waals surface area contributed by atoms with Crippen molar-refractivity contribution in [3.8, 4) is 0 Å². The second-order valence-corrected chi connectivity index (χ2v) is 5.54. The quantitative estimate of drug-likeness (QED) is 0.855. The van der Waals surface area contributed by atoms with Crippen LogP contribution in [0.15, 0.2) is 24.4 Å². The summed E-state index contributed by atoms with van der Waals surface area (Å²) in [4.78, 5) is 12.5. The highest BCUT2D eigenvalue weighted by Gasteiger charge is 2.37. The second-order valence-electron chi connectivity index (χ2n) is 5.54. The van der Waals surface area contributed by atoms with Gasteiger partial charge in [0.2, 0.25) is 5.91 Å². The Kier molecular flexibility index (Phi) is 3.87. The highest BCUT2D eigenvalue weighted by atomic mass is 16.5. The van der Waals surface area contributed by atoms with Gasteiger partial charge in [0.1, 0.15) is 6.10 Å². The summed E-state index contributed by atoms with van der Waals surface area (Å²) in [6.45, 7) is 0.633. The maximum Gasteiger partial charge on any atom is 0.226 e. The molecule has 2 heterocycles. The van der Waals surface area contributed by atoms with Crippen LogP contribution in [-0.4, -0.2) is 28.3 Å². The van der Waals surface area contributed by atoms with E-state index in [-0.39, 0.29) is 24.0 Å². The Morgan fingerprint density at radius 1 is 1.50 bits per heavy atom. The maximum atomic E-state index is 12.5. The number of nitrogens with one attached hydrogen (secondary N) is 1.